The molecule has 0 amide bonds. The number of piperazine rings is 1. The van der Waals surface area contributed by atoms with E-state index in [1.165, 1.54) is 11.3 Å². The van der Waals surface area contributed by atoms with Gasteiger partial charge in [-0.1, -0.05) is 6.92 Å². The Labute approximate surface area is 159 Å². The van der Waals surface area contributed by atoms with Gasteiger partial charge in [0.1, 0.15) is 10.0 Å². The average molecular weight is 396 g/mol. The molecule has 0 unspecified atom stereocenters. The molecule has 0 bridgehead atoms. The molecule has 0 aliphatic carbocycles. The maximum atomic E-state index is 12.8. The Kier molecular flexibility index (Phi) is 5.79. The molecule has 1 saturated heterocycles. The summed E-state index contributed by atoms with van der Waals surface area (Å²) in [7, 11) is -3.41. The normalized spacial score (nSPS) is 16.0. The van der Waals surface area contributed by atoms with Crippen molar-refractivity contribution in [2.45, 2.75) is 31.4 Å². The third-order valence-corrected chi connectivity index (χ3v) is 7.90. The highest BCUT2D eigenvalue weighted by Gasteiger charge is 2.30. The van der Waals surface area contributed by atoms with Crippen LogP contribution in [0, 0.1) is 6.92 Å². The number of nitrogens with one attached hydrogen (secondary N) is 1. The van der Waals surface area contributed by atoms with Gasteiger partial charge in [0, 0.05) is 49.4 Å². The van der Waals surface area contributed by atoms with Crippen molar-refractivity contribution < 1.29 is 8.42 Å². The third-order valence-electron chi connectivity index (χ3n) is 4.30. The minimum Gasteiger partial charge on any atom is -0.370 e. The van der Waals surface area contributed by atoms with Crippen LogP contribution < -0.4 is 10.2 Å². The van der Waals surface area contributed by atoms with Gasteiger partial charge in [0.2, 0.25) is 5.95 Å². The first-order valence-corrected chi connectivity index (χ1v) is 11.1. The van der Waals surface area contributed by atoms with Crippen molar-refractivity contribution in [1.29, 1.82) is 0 Å². The number of hydrogen-bond acceptors (Lipinski definition) is 7. The summed E-state index contributed by atoms with van der Waals surface area (Å²) in [6, 6.07) is 5.53. The standard InChI is InChI=1S/C17H25N5O2S2/c1-4-14-6-7-16(25-14)26(23,24)22-10-8-21(9-11-22)17-19-13(3)12-15(20-17)18-5-2/h6-7,12H,4-5,8-11H2,1-3H3,(H,18,19,20). The first kappa shape index (κ1) is 19.1. The van der Waals surface area contributed by atoms with E-state index in [9.17, 15) is 8.42 Å². The van der Waals surface area contributed by atoms with Gasteiger partial charge in [-0.3, -0.25) is 0 Å². The van der Waals surface area contributed by atoms with Crippen LogP contribution in [0.3, 0.4) is 0 Å². The molecule has 2 aromatic rings. The maximum Gasteiger partial charge on any atom is 0.252 e. The van der Waals surface area contributed by atoms with Gasteiger partial charge in [-0.15, -0.1) is 11.3 Å². The highest BCUT2D eigenvalue weighted by molar-refractivity contribution is 7.91. The molecule has 7 nitrogen and oxygen atoms in total. The molecule has 1 fully saturated rings. The lowest BCUT2D eigenvalue weighted by atomic mass is 10.3. The van der Waals surface area contributed by atoms with Crippen LogP contribution in [-0.2, 0) is 16.4 Å². The zero-order valence-corrected chi connectivity index (χ0v) is 17.0. The van der Waals surface area contributed by atoms with E-state index < -0.39 is 10.0 Å². The summed E-state index contributed by atoms with van der Waals surface area (Å²) in [5.74, 6) is 1.46. The molecule has 1 aliphatic heterocycles. The quantitative estimate of drug-likeness (QED) is 0.809. The van der Waals surface area contributed by atoms with Crippen molar-refractivity contribution in [2.24, 2.45) is 0 Å². The summed E-state index contributed by atoms with van der Waals surface area (Å²) < 4.78 is 27.7. The molecule has 0 radical (unpaired) electrons. The fourth-order valence-corrected chi connectivity index (χ4v) is 5.78. The van der Waals surface area contributed by atoms with E-state index in [1.807, 2.05) is 37.8 Å². The van der Waals surface area contributed by atoms with Crippen LogP contribution in [0.1, 0.15) is 24.4 Å². The summed E-state index contributed by atoms with van der Waals surface area (Å²) in [5.41, 5.74) is 0.895. The zero-order chi connectivity index (χ0) is 18.7. The molecule has 26 heavy (non-hydrogen) atoms. The van der Waals surface area contributed by atoms with Gasteiger partial charge >= 0.3 is 0 Å². The van der Waals surface area contributed by atoms with E-state index in [1.54, 1.807) is 10.4 Å². The Hall–Kier alpha value is -1.71. The maximum absolute atomic E-state index is 12.8. The molecule has 0 atom stereocenters. The number of rotatable bonds is 6. The van der Waals surface area contributed by atoms with E-state index in [0.717, 1.165) is 29.4 Å². The van der Waals surface area contributed by atoms with Crippen LogP contribution in [0.2, 0.25) is 0 Å². The average Bonchev–Trinajstić information content (AvgIpc) is 3.12. The molecule has 0 aromatic carbocycles. The fourth-order valence-electron chi connectivity index (χ4n) is 2.91. The Morgan fingerprint density at radius 2 is 1.88 bits per heavy atom. The number of anilines is 2. The van der Waals surface area contributed by atoms with Gasteiger partial charge < -0.3 is 10.2 Å². The molecular weight excluding hydrogens is 370 g/mol. The van der Waals surface area contributed by atoms with E-state index >= 15 is 0 Å². The monoisotopic (exact) mass is 395 g/mol. The Bertz CT molecular complexity index is 858. The molecule has 3 heterocycles. The molecule has 3 rings (SSSR count). The van der Waals surface area contributed by atoms with Crippen LogP contribution in [0.15, 0.2) is 22.4 Å². The van der Waals surface area contributed by atoms with Gasteiger partial charge in [-0.05, 0) is 32.4 Å². The van der Waals surface area contributed by atoms with E-state index in [2.05, 4.69) is 15.3 Å². The second-order valence-corrected chi connectivity index (χ2v) is 9.52. The molecule has 2 aromatic heterocycles. The summed E-state index contributed by atoms with van der Waals surface area (Å²) in [6.45, 7) is 8.84. The molecule has 0 spiro atoms. The molecule has 142 valence electrons. The number of nitrogens with zero attached hydrogens (tertiary/aromatic N) is 4. The third kappa shape index (κ3) is 3.99. The Balaban J connectivity index is 1.71. The molecule has 9 heteroatoms. The van der Waals surface area contributed by atoms with Crippen LogP contribution >= 0.6 is 11.3 Å². The van der Waals surface area contributed by atoms with Gasteiger partial charge in [0.05, 0.1) is 0 Å². The molecule has 0 saturated carbocycles. The lowest BCUT2D eigenvalue weighted by molar-refractivity contribution is 0.383. The smallest absolute Gasteiger partial charge is 0.252 e. The fraction of sp³-hybridized carbons (Fsp3) is 0.529. The number of aromatic nitrogens is 2. The second kappa shape index (κ2) is 7.89. The van der Waals surface area contributed by atoms with Crippen molar-refractivity contribution in [3.8, 4) is 0 Å². The number of hydrogen-bond donors (Lipinski definition) is 1. The van der Waals surface area contributed by atoms with Gasteiger partial charge in [-0.2, -0.15) is 9.29 Å². The molecule has 1 aliphatic rings. The SMILES string of the molecule is CCNc1cc(C)nc(N2CCN(S(=O)(=O)c3ccc(CC)s3)CC2)n1. The second-order valence-electron chi connectivity index (χ2n) is 6.19. The summed E-state index contributed by atoms with van der Waals surface area (Å²) in [4.78, 5) is 12.2. The molecular formula is C17H25N5O2S2. The van der Waals surface area contributed by atoms with Crippen LogP contribution in [0.25, 0.3) is 0 Å². The highest BCUT2D eigenvalue weighted by atomic mass is 32.2. The van der Waals surface area contributed by atoms with Crippen LogP contribution in [0.4, 0.5) is 11.8 Å². The Morgan fingerprint density at radius 3 is 2.50 bits per heavy atom. The van der Waals surface area contributed by atoms with Gasteiger partial charge in [0.15, 0.2) is 0 Å². The van der Waals surface area contributed by atoms with Crippen LogP contribution in [-0.4, -0.2) is 55.4 Å². The van der Waals surface area contributed by atoms with Crippen LogP contribution in [0.5, 0.6) is 0 Å². The predicted octanol–water partition coefficient (Wildman–Crippen LogP) is 2.35. The van der Waals surface area contributed by atoms with E-state index in [0.29, 0.717) is 36.3 Å². The topological polar surface area (TPSA) is 78.4 Å². The van der Waals surface area contributed by atoms with Gasteiger partial charge in [-0.25, -0.2) is 13.4 Å². The van der Waals surface area contributed by atoms with Crippen molar-refractivity contribution >= 4 is 33.1 Å². The largest absolute Gasteiger partial charge is 0.370 e. The van der Waals surface area contributed by atoms with Crippen molar-refractivity contribution in [1.82, 2.24) is 14.3 Å². The first-order valence-electron chi connectivity index (χ1n) is 8.87. The highest BCUT2D eigenvalue weighted by Crippen LogP contribution is 2.26. The van der Waals surface area contributed by atoms with Gasteiger partial charge in [0.25, 0.3) is 10.0 Å². The number of sulfonamides is 1. The van der Waals surface area contributed by atoms with Crippen molar-refractivity contribution in [3.63, 3.8) is 0 Å². The van der Waals surface area contributed by atoms with Crippen molar-refractivity contribution in [3.05, 3.63) is 28.8 Å². The Morgan fingerprint density at radius 1 is 1.15 bits per heavy atom. The van der Waals surface area contributed by atoms with Crippen molar-refractivity contribution in [2.75, 3.05) is 42.9 Å². The molecule has 1 N–H and O–H groups in total. The minimum atomic E-state index is -3.41. The van der Waals surface area contributed by atoms with E-state index in [-0.39, 0.29) is 0 Å². The summed E-state index contributed by atoms with van der Waals surface area (Å²) in [5, 5.41) is 3.21. The first-order chi connectivity index (χ1) is 12.4. The lowest BCUT2D eigenvalue weighted by Crippen LogP contribution is -2.49. The summed E-state index contributed by atoms with van der Waals surface area (Å²) in [6.07, 6.45) is 0.854. The predicted molar refractivity (Wildman–Crippen MR) is 106 cm³/mol. The number of thiophene rings is 1. The van der Waals surface area contributed by atoms with E-state index in [4.69, 9.17) is 0 Å². The lowest BCUT2D eigenvalue weighted by Gasteiger charge is -2.33. The summed E-state index contributed by atoms with van der Waals surface area (Å²) >= 11 is 1.36. The minimum absolute atomic E-state index is 0.434. The number of aryl methyl sites for hydroxylation is 2. The zero-order valence-electron chi connectivity index (χ0n) is 15.4.